The third-order valence-electron chi connectivity index (χ3n) is 5.02. The number of aryl methyl sites for hydroxylation is 1. The lowest BCUT2D eigenvalue weighted by Gasteiger charge is -2.47. The van der Waals surface area contributed by atoms with Crippen molar-refractivity contribution < 1.29 is 0 Å². The number of benzene rings is 2. The second-order valence-corrected chi connectivity index (χ2v) is 6.66. The molecule has 1 nitrogen and oxygen atoms in total. The Kier molecular flexibility index (Phi) is 3.39. The summed E-state index contributed by atoms with van der Waals surface area (Å²) in [4.78, 5) is 2.69. The van der Waals surface area contributed by atoms with E-state index in [9.17, 15) is 0 Å². The van der Waals surface area contributed by atoms with Crippen LogP contribution in [0.5, 0.6) is 0 Å². The first-order valence-corrected chi connectivity index (χ1v) is 8.32. The quantitative estimate of drug-likeness (QED) is 0.682. The number of hydrogen-bond donors (Lipinski definition) is 0. The minimum atomic E-state index is 0.502. The maximum absolute atomic E-state index is 6.06. The van der Waals surface area contributed by atoms with Crippen molar-refractivity contribution in [3.8, 4) is 0 Å². The number of hydrogen-bond acceptors (Lipinski definition) is 1. The van der Waals surface area contributed by atoms with Crippen molar-refractivity contribution in [1.29, 1.82) is 0 Å². The van der Waals surface area contributed by atoms with Gasteiger partial charge in [-0.15, -0.1) is 0 Å². The first-order valence-electron chi connectivity index (χ1n) is 7.94. The number of halogens is 1. The summed E-state index contributed by atoms with van der Waals surface area (Å²) in [6.45, 7) is 0. The summed E-state index contributed by atoms with van der Waals surface area (Å²) in [5.41, 5.74) is 4.36. The molecule has 108 valence electrons. The van der Waals surface area contributed by atoms with E-state index in [1.807, 2.05) is 12.1 Å². The summed E-state index contributed by atoms with van der Waals surface area (Å²) in [6, 6.07) is 18.6. The summed E-state index contributed by atoms with van der Waals surface area (Å²) in [5.74, 6) is 0. The third-order valence-corrected chi connectivity index (χ3v) is 5.27. The Labute approximate surface area is 131 Å². The minimum Gasteiger partial charge on any atom is -0.361 e. The molecule has 0 radical (unpaired) electrons. The fraction of sp³-hybridized carbons (Fsp3) is 0.368. The average Bonchev–Trinajstić information content (AvgIpc) is 2.55. The lowest BCUT2D eigenvalue weighted by Crippen LogP contribution is -2.44. The molecule has 2 heteroatoms. The molecule has 2 atom stereocenters. The standard InChI is InChI=1S/C19H20ClN/c20-16-11-8-15(9-12-16)19-7-3-5-17-13-10-14-4-1-2-6-18(14)21(17)19/h1-2,4,6,8-9,11-12,17,19H,3,5,7,10,13H2/t17-,19+/m1/s1. The van der Waals surface area contributed by atoms with E-state index in [2.05, 4.69) is 41.3 Å². The zero-order valence-electron chi connectivity index (χ0n) is 12.1. The van der Waals surface area contributed by atoms with Gasteiger partial charge in [-0.05, 0) is 61.4 Å². The Balaban J connectivity index is 1.76. The first-order chi connectivity index (χ1) is 10.3. The molecule has 0 spiro atoms. The number of para-hydroxylation sites is 1. The molecule has 0 unspecified atom stereocenters. The van der Waals surface area contributed by atoms with Crippen LogP contribution in [0.15, 0.2) is 48.5 Å². The van der Waals surface area contributed by atoms with Gasteiger partial charge in [0.1, 0.15) is 0 Å². The van der Waals surface area contributed by atoms with Crippen molar-refractivity contribution >= 4 is 17.3 Å². The molecule has 1 fully saturated rings. The molecular weight excluding hydrogens is 278 g/mol. The zero-order valence-corrected chi connectivity index (χ0v) is 12.9. The number of fused-ring (bicyclic) bond motifs is 3. The zero-order chi connectivity index (χ0) is 14.2. The molecule has 4 rings (SSSR count). The first kappa shape index (κ1) is 13.2. The molecule has 1 saturated heterocycles. The molecule has 0 bridgehead atoms. The summed E-state index contributed by atoms with van der Waals surface area (Å²) >= 11 is 6.06. The van der Waals surface area contributed by atoms with Gasteiger partial charge in [0, 0.05) is 16.8 Å². The van der Waals surface area contributed by atoms with Crippen molar-refractivity contribution in [2.75, 3.05) is 4.90 Å². The molecule has 2 heterocycles. The largest absolute Gasteiger partial charge is 0.361 e. The lowest BCUT2D eigenvalue weighted by molar-refractivity contribution is 0.361. The maximum Gasteiger partial charge on any atom is 0.0545 e. The molecule has 0 saturated carbocycles. The van der Waals surface area contributed by atoms with Crippen LogP contribution in [-0.4, -0.2) is 6.04 Å². The predicted octanol–water partition coefficient (Wildman–Crippen LogP) is 5.39. The highest BCUT2D eigenvalue weighted by Gasteiger charge is 2.35. The highest BCUT2D eigenvalue weighted by molar-refractivity contribution is 6.30. The van der Waals surface area contributed by atoms with Crippen molar-refractivity contribution in [2.24, 2.45) is 0 Å². The Morgan fingerprint density at radius 3 is 2.57 bits per heavy atom. The number of piperidine rings is 1. The topological polar surface area (TPSA) is 3.24 Å². The summed E-state index contributed by atoms with van der Waals surface area (Å²) < 4.78 is 0. The van der Waals surface area contributed by atoms with Gasteiger partial charge in [-0.2, -0.15) is 0 Å². The highest BCUT2D eigenvalue weighted by Crippen LogP contribution is 2.43. The molecule has 0 aromatic heterocycles. The van der Waals surface area contributed by atoms with Crippen LogP contribution in [-0.2, 0) is 6.42 Å². The van der Waals surface area contributed by atoms with Crippen LogP contribution in [0, 0.1) is 0 Å². The van der Waals surface area contributed by atoms with Gasteiger partial charge in [0.15, 0.2) is 0 Å². The minimum absolute atomic E-state index is 0.502. The number of anilines is 1. The Hall–Kier alpha value is -1.47. The van der Waals surface area contributed by atoms with Gasteiger partial charge in [-0.3, -0.25) is 0 Å². The van der Waals surface area contributed by atoms with Gasteiger partial charge in [0.2, 0.25) is 0 Å². The van der Waals surface area contributed by atoms with Gasteiger partial charge in [0.05, 0.1) is 6.04 Å². The average molecular weight is 298 g/mol. The molecular formula is C19H20ClN. The second-order valence-electron chi connectivity index (χ2n) is 6.23. The Morgan fingerprint density at radius 2 is 1.71 bits per heavy atom. The van der Waals surface area contributed by atoms with E-state index >= 15 is 0 Å². The van der Waals surface area contributed by atoms with Crippen molar-refractivity contribution in [3.63, 3.8) is 0 Å². The lowest BCUT2D eigenvalue weighted by atomic mass is 9.84. The van der Waals surface area contributed by atoms with E-state index in [0.717, 1.165) is 5.02 Å². The predicted molar refractivity (Wildman–Crippen MR) is 89.1 cm³/mol. The van der Waals surface area contributed by atoms with Crippen molar-refractivity contribution in [2.45, 2.75) is 44.2 Å². The van der Waals surface area contributed by atoms with Gasteiger partial charge >= 0.3 is 0 Å². The highest BCUT2D eigenvalue weighted by atomic mass is 35.5. The van der Waals surface area contributed by atoms with Crippen LogP contribution in [0.3, 0.4) is 0 Å². The van der Waals surface area contributed by atoms with E-state index in [1.165, 1.54) is 48.9 Å². The maximum atomic E-state index is 6.06. The molecule has 2 aromatic carbocycles. The van der Waals surface area contributed by atoms with Gasteiger partial charge < -0.3 is 4.90 Å². The van der Waals surface area contributed by atoms with Gasteiger partial charge in [-0.25, -0.2) is 0 Å². The molecule has 2 aliphatic rings. The molecule has 21 heavy (non-hydrogen) atoms. The summed E-state index contributed by atoms with van der Waals surface area (Å²) in [6.07, 6.45) is 6.42. The van der Waals surface area contributed by atoms with E-state index in [0.29, 0.717) is 12.1 Å². The van der Waals surface area contributed by atoms with Crippen LogP contribution in [0.4, 0.5) is 5.69 Å². The monoisotopic (exact) mass is 297 g/mol. The van der Waals surface area contributed by atoms with Crippen LogP contribution < -0.4 is 4.90 Å². The Bertz CT molecular complexity index is 634. The van der Waals surface area contributed by atoms with E-state index in [-0.39, 0.29) is 0 Å². The number of nitrogens with zero attached hydrogens (tertiary/aromatic N) is 1. The van der Waals surface area contributed by atoms with Gasteiger partial charge in [0.25, 0.3) is 0 Å². The molecule has 0 aliphatic carbocycles. The second kappa shape index (κ2) is 5.38. The smallest absolute Gasteiger partial charge is 0.0545 e. The fourth-order valence-electron chi connectivity index (χ4n) is 4.04. The van der Waals surface area contributed by atoms with Crippen LogP contribution in [0.2, 0.25) is 5.02 Å². The van der Waals surface area contributed by atoms with Gasteiger partial charge in [-0.1, -0.05) is 41.9 Å². The summed E-state index contributed by atoms with van der Waals surface area (Å²) in [7, 11) is 0. The number of rotatable bonds is 1. The fourth-order valence-corrected chi connectivity index (χ4v) is 4.16. The normalized spacial score (nSPS) is 24.3. The van der Waals surface area contributed by atoms with Crippen molar-refractivity contribution in [1.82, 2.24) is 0 Å². The van der Waals surface area contributed by atoms with Crippen molar-refractivity contribution in [3.05, 3.63) is 64.7 Å². The van der Waals surface area contributed by atoms with Crippen LogP contribution in [0.25, 0.3) is 0 Å². The Morgan fingerprint density at radius 1 is 0.905 bits per heavy atom. The SMILES string of the molecule is Clc1ccc([C@@H]2CCC[C@@H]3CCc4ccccc4N32)cc1. The van der Waals surface area contributed by atoms with E-state index in [4.69, 9.17) is 11.6 Å². The molecule has 2 aromatic rings. The van der Waals surface area contributed by atoms with Crippen LogP contribution in [0.1, 0.15) is 42.9 Å². The molecule has 0 N–H and O–H groups in total. The molecule has 2 aliphatic heterocycles. The summed E-state index contributed by atoms with van der Waals surface area (Å²) in [5, 5.41) is 0.824. The van der Waals surface area contributed by atoms with E-state index in [1.54, 1.807) is 0 Å². The van der Waals surface area contributed by atoms with Crippen LogP contribution >= 0.6 is 11.6 Å². The molecule has 0 amide bonds. The third kappa shape index (κ3) is 2.34. The van der Waals surface area contributed by atoms with E-state index < -0.39 is 0 Å².